The summed E-state index contributed by atoms with van der Waals surface area (Å²) >= 11 is 6.06. The number of sulfone groups is 1. The van der Waals surface area contributed by atoms with Crippen molar-refractivity contribution in [1.29, 1.82) is 0 Å². The molecule has 1 aliphatic heterocycles. The molecule has 0 bridgehead atoms. The van der Waals surface area contributed by atoms with Gasteiger partial charge in [0, 0.05) is 35.8 Å². The minimum atomic E-state index is -3.09. The van der Waals surface area contributed by atoms with Gasteiger partial charge in [0.1, 0.15) is 15.6 Å². The van der Waals surface area contributed by atoms with Crippen LogP contribution in [0.2, 0.25) is 5.02 Å². The van der Waals surface area contributed by atoms with Gasteiger partial charge in [0.2, 0.25) is 0 Å². The number of hydrogen-bond acceptors (Lipinski definition) is 6. The Morgan fingerprint density at radius 3 is 2.36 bits per heavy atom. The quantitative estimate of drug-likeness (QED) is 0.551. The molecule has 1 aromatic carbocycles. The van der Waals surface area contributed by atoms with Gasteiger partial charge in [0.25, 0.3) is 0 Å². The molecular weight excluding hydrogens is 483 g/mol. The summed E-state index contributed by atoms with van der Waals surface area (Å²) in [6, 6.07) is 8.60. The molecule has 1 saturated carbocycles. The van der Waals surface area contributed by atoms with E-state index in [2.05, 4.69) is 22.0 Å². The van der Waals surface area contributed by atoms with Gasteiger partial charge in [-0.1, -0.05) is 23.7 Å². The zero-order chi connectivity index (χ0) is 22.9. The number of benzene rings is 1. The van der Waals surface area contributed by atoms with E-state index in [1.165, 1.54) is 11.8 Å². The van der Waals surface area contributed by atoms with Crippen molar-refractivity contribution < 1.29 is 17.6 Å². The molecule has 184 valence electrons. The maximum Gasteiger partial charge on any atom is 0.197 e. The molecular formula is C24H34Cl2N2O4S. The van der Waals surface area contributed by atoms with Crippen LogP contribution in [0.15, 0.2) is 28.7 Å². The summed E-state index contributed by atoms with van der Waals surface area (Å²) in [5.41, 5.74) is 2.19. The Morgan fingerprint density at radius 2 is 1.79 bits per heavy atom. The van der Waals surface area contributed by atoms with E-state index < -0.39 is 9.84 Å². The van der Waals surface area contributed by atoms with Crippen molar-refractivity contribution in [3.05, 3.63) is 52.2 Å². The van der Waals surface area contributed by atoms with Crippen LogP contribution in [-0.4, -0.2) is 61.6 Å². The number of halogens is 2. The van der Waals surface area contributed by atoms with Crippen LogP contribution in [0, 0.1) is 13.8 Å². The van der Waals surface area contributed by atoms with Crippen molar-refractivity contribution in [1.82, 2.24) is 9.88 Å². The monoisotopic (exact) mass is 516 g/mol. The fraction of sp³-hybridized carbons (Fsp3) is 0.625. The highest BCUT2D eigenvalue weighted by Gasteiger charge is 2.37. The van der Waals surface area contributed by atoms with Gasteiger partial charge in [-0.05, 0) is 63.6 Å². The molecule has 1 saturated heterocycles. The summed E-state index contributed by atoms with van der Waals surface area (Å²) in [5.74, 6) is 2.21. The van der Waals surface area contributed by atoms with Crippen molar-refractivity contribution in [2.45, 2.75) is 70.1 Å². The van der Waals surface area contributed by atoms with Gasteiger partial charge in [0.05, 0.1) is 24.2 Å². The lowest BCUT2D eigenvalue weighted by Crippen LogP contribution is -2.56. The normalized spacial score (nSPS) is 26.7. The van der Waals surface area contributed by atoms with Gasteiger partial charge in [-0.3, -0.25) is 4.90 Å². The van der Waals surface area contributed by atoms with E-state index in [0.717, 1.165) is 54.5 Å². The Labute approximate surface area is 208 Å². The van der Waals surface area contributed by atoms with Crippen LogP contribution >= 0.6 is 24.0 Å². The third-order valence-corrected chi connectivity index (χ3v) is 8.07. The lowest BCUT2D eigenvalue weighted by molar-refractivity contribution is -0.0758. The Morgan fingerprint density at radius 1 is 1.12 bits per heavy atom. The molecule has 0 N–H and O–H groups in total. The molecule has 2 fully saturated rings. The average molecular weight is 518 g/mol. The molecule has 1 aromatic heterocycles. The van der Waals surface area contributed by atoms with Gasteiger partial charge in [-0.25, -0.2) is 13.4 Å². The molecule has 0 radical (unpaired) electrons. The van der Waals surface area contributed by atoms with Crippen molar-refractivity contribution >= 4 is 33.8 Å². The largest absolute Gasteiger partial charge is 0.445 e. The highest BCUT2D eigenvalue weighted by molar-refractivity contribution is 7.90. The number of morpholine rings is 1. The van der Waals surface area contributed by atoms with Crippen LogP contribution in [-0.2, 0) is 21.0 Å². The van der Waals surface area contributed by atoms with E-state index in [1.54, 1.807) is 0 Å². The first kappa shape index (κ1) is 26.5. The second kappa shape index (κ2) is 11.1. The highest BCUT2D eigenvalue weighted by atomic mass is 35.5. The molecule has 0 amide bonds. The zero-order valence-corrected chi connectivity index (χ0v) is 21.9. The van der Waals surface area contributed by atoms with E-state index in [9.17, 15) is 8.42 Å². The number of oxazole rings is 1. The molecule has 2 atom stereocenters. The average Bonchev–Trinajstić information content (AvgIpc) is 3.08. The first-order chi connectivity index (χ1) is 15.2. The van der Waals surface area contributed by atoms with E-state index >= 15 is 0 Å². The van der Waals surface area contributed by atoms with Crippen molar-refractivity contribution in [2.24, 2.45) is 0 Å². The topological polar surface area (TPSA) is 72.6 Å². The number of rotatable bonds is 6. The number of aromatic nitrogens is 1. The van der Waals surface area contributed by atoms with Crippen LogP contribution in [0.5, 0.6) is 0 Å². The van der Waals surface area contributed by atoms with Crippen molar-refractivity contribution in [3.63, 3.8) is 0 Å². The van der Waals surface area contributed by atoms with Gasteiger partial charge < -0.3 is 9.15 Å². The molecule has 4 rings (SSSR count). The summed E-state index contributed by atoms with van der Waals surface area (Å²) in [6.45, 7) is 5.15. The summed E-state index contributed by atoms with van der Waals surface area (Å²) < 4.78 is 35.7. The molecule has 0 spiro atoms. The lowest BCUT2D eigenvalue weighted by Gasteiger charge is -2.46. The molecule has 33 heavy (non-hydrogen) atoms. The third-order valence-electron chi connectivity index (χ3n) is 6.84. The van der Waals surface area contributed by atoms with E-state index in [-0.39, 0.29) is 30.3 Å². The Kier molecular flexibility index (Phi) is 8.89. The molecule has 2 aliphatic rings. The Balaban J connectivity index is 0.00000306. The van der Waals surface area contributed by atoms with Crippen LogP contribution in [0.3, 0.4) is 0 Å². The number of aryl methyl sites for hydroxylation is 2. The van der Waals surface area contributed by atoms with Crippen molar-refractivity contribution in [2.75, 3.05) is 25.2 Å². The predicted octanol–water partition coefficient (Wildman–Crippen LogP) is 4.75. The Hall–Kier alpha value is -1.12. The van der Waals surface area contributed by atoms with Gasteiger partial charge >= 0.3 is 0 Å². The summed E-state index contributed by atoms with van der Waals surface area (Å²) in [7, 11) is -3.09. The number of nitrogens with zero attached hydrogens (tertiary/aromatic N) is 2. The second-order valence-electron chi connectivity index (χ2n) is 9.43. The third kappa shape index (κ3) is 6.95. The molecule has 1 aliphatic carbocycles. The molecule has 9 heteroatoms. The highest BCUT2D eigenvalue weighted by Crippen LogP contribution is 2.37. The smallest absolute Gasteiger partial charge is 0.197 e. The van der Waals surface area contributed by atoms with Crippen molar-refractivity contribution in [3.8, 4) is 0 Å². The fourth-order valence-corrected chi connectivity index (χ4v) is 6.06. The molecule has 6 nitrogen and oxygen atoms in total. The molecule has 2 aromatic rings. The minimum absolute atomic E-state index is 0. The van der Waals surface area contributed by atoms with Gasteiger partial charge in [-0.15, -0.1) is 12.4 Å². The summed E-state index contributed by atoms with van der Waals surface area (Å²) in [4.78, 5) is 7.13. The molecule has 2 heterocycles. The van der Waals surface area contributed by atoms with Crippen LogP contribution in [0.4, 0.5) is 0 Å². The summed E-state index contributed by atoms with van der Waals surface area (Å²) in [5, 5.41) is 0.731. The first-order valence-corrected chi connectivity index (χ1v) is 13.8. The van der Waals surface area contributed by atoms with E-state index in [4.69, 9.17) is 20.8 Å². The fourth-order valence-electron chi connectivity index (χ4n) is 5.06. The van der Waals surface area contributed by atoms with Gasteiger partial charge in [-0.2, -0.15) is 0 Å². The standard InChI is InChI=1S/C24H33ClN2O4S.ClH/c1-16-17(2)31-24(26-16)19-6-10-21(11-7-19)27-13-23(15-32(3,28)29)30-14-22(27)12-18-4-8-20(25)9-5-18;/h4-5,8-9,19,21-23H,6-7,10-15H2,1-3H3;1H/t19?,21?,22-,23+;/m0./s1. The van der Waals surface area contributed by atoms with E-state index in [1.807, 2.05) is 26.0 Å². The van der Waals surface area contributed by atoms with Crippen LogP contribution in [0.1, 0.15) is 54.5 Å². The number of ether oxygens (including phenoxy) is 1. The second-order valence-corrected chi connectivity index (χ2v) is 12.0. The summed E-state index contributed by atoms with van der Waals surface area (Å²) in [6.07, 6.45) is 6.04. The van der Waals surface area contributed by atoms with Crippen LogP contribution < -0.4 is 0 Å². The molecule has 0 unspecified atom stereocenters. The maximum absolute atomic E-state index is 11.9. The Bertz CT molecular complexity index is 998. The van der Waals surface area contributed by atoms with Crippen LogP contribution in [0.25, 0.3) is 0 Å². The predicted molar refractivity (Wildman–Crippen MR) is 133 cm³/mol. The minimum Gasteiger partial charge on any atom is -0.445 e. The SMILES string of the molecule is Cc1nc(C2CCC(N3C[C@H](CS(C)(=O)=O)OC[C@@H]3Cc3ccc(Cl)cc3)CC2)oc1C.Cl. The lowest BCUT2D eigenvalue weighted by atomic mass is 9.84. The number of hydrogen-bond donors (Lipinski definition) is 0. The first-order valence-electron chi connectivity index (χ1n) is 11.4. The van der Waals surface area contributed by atoms with Gasteiger partial charge in [0.15, 0.2) is 5.89 Å². The maximum atomic E-state index is 11.9. The van der Waals surface area contributed by atoms with E-state index in [0.29, 0.717) is 25.1 Å². The zero-order valence-electron chi connectivity index (χ0n) is 19.5.